The molecule has 3 aliphatic heterocycles. The van der Waals surface area contributed by atoms with Crippen LogP contribution in [0, 0.1) is 17.8 Å². The lowest BCUT2D eigenvalue weighted by Gasteiger charge is -2.31. The van der Waals surface area contributed by atoms with Crippen molar-refractivity contribution >= 4 is 5.78 Å². The summed E-state index contributed by atoms with van der Waals surface area (Å²) in [7, 11) is 0. The number of carbonyl (C=O) groups is 1. The molecule has 65 heavy (non-hydrogen) atoms. The fourth-order valence-electron chi connectivity index (χ4n) is 12.6. The molecule has 3 aromatic heterocycles. The zero-order chi connectivity index (χ0) is 44.0. The van der Waals surface area contributed by atoms with Crippen LogP contribution >= 0.6 is 0 Å². The molecule has 5 unspecified atom stereocenters. The van der Waals surface area contributed by atoms with Crippen molar-refractivity contribution in [3.63, 3.8) is 0 Å². The predicted octanol–water partition coefficient (Wildman–Crippen LogP) is 8.38. The first-order valence-electron chi connectivity index (χ1n) is 24.3. The molecule has 0 bridgehead atoms. The molecule has 6 heterocycles. The molecular weight excluding hydrogens is 825 g/mol. The first-order valence-corrected chi connectivity index (χ1v) is 24.3. The van der Waals surface area contributed by atoms with Gasteiger partial charge >= 0.3 is 5.82 Å². The van der Waals surface area contributed by atoms with Crippen LogP contribution in [0.2, 0.25) is 0 Å². The van der Waals surface area contributed by atoms with Gasteiger partial charge in [0.05, 0.1) is 34.1 Å². The number of hydrogen-bond acceptors (Lipinski definition) is 7. The van der Waals surface area contributed by atoms with E-state index in [-0.39, 0.29) is 48.7 Å². The number of nitrogens with zero attached hydrogens (tertiary/aromatic N) is 9. The SMILES string of the molecule is O=C(CC1c2c(cccc2-n2c[n+]3c(n2)-c2ccc(-n4cc5[n+](n4)C(CC(O)C4CCC(F)(F)CC4)c4ccccc4-5)cc2C3CC(O)C2CCCCC2)-c2nncn21)C1CCCCC1. The third-order valence-corrected chi connectivity index (χ3v) is 16.2. The first-order chi connectivity index (χ1) is 31.7. The Morgan fingerprint density at radius 2 is 1.51 bits per heavy atom. The summed E-state index contributed by atoms with van der Waals surface area (Å²) in [5, 5.41) is 42.7. The van der Waals surface area contributed by atoms with E-state index in [9.17, 15) is 23.8 Å². The molecule has 0 saturated heterocycles. The Morgan fingerprint density at radius 1 is 0.785 bits per heavy atom. The van der Waals surface area contributed by atoms with Crippen molar-refractivity contribution in [2.75, 3.05) is 0 Å². The van der Waals surface area contributed by atoms with Crippen molar-refractivity contribution in [1.82, 2.24) is 34.4 Å². The van der Waals surface area contributed by atoms with Gasteiger partial charge < -0.3 is 14.8 Å². The number of fused-ring (bicyclic) bond motifs is 9. The van der Waals surface area contributed by atoms with Crippen LogP contribution in [0.25, 0.3) is 45.4 Å². The Morgan fingerprint density at radius 3 is 2.31 bits per heavy atom. The Balaban J connectivity index is 0.893. The van der Waals surface area contributed by atoms with Gasteiger partial charge in [-0.2, -0.15) is 0 Å². The molecule has 6 aromatic rings. The molecule has 5 atom stereocenters. The number of aliphatic hydroxyl groups is 2. The van der Waals surface area contributed by atoms with Crippen molar-refractivity contribution in [2.45, 2.75) is 145 Å². The van der Waals surface area contributed by atoms with Crippen LogP contribution in [0.5, 0.6) is 0 Å². The Bertz CT molecular complexity index is 2770. The van der Waals surface area contributed by atoms with Crippen LogP contribution in [0.1, 0.15) is 144 Å². The smallest absolute Gasteiger partial charge is 0.310 e. The summed E-state index contributed by atoms with van der Waals surface area (Å²) in [5.41, 5.74) is 8.95. The second kappa shape index (κ2) is 16.1. The van der Waals surface area contributed by atoms with Crippen LogP contribution in [0.15, 0.2) is 79.5 Å². The molecule has 6 aliphatic rings. The summed E-state index contributed by atoms with van der Waals surface area (Å²) in [6, 6.07) is 20.1. The van der Waals surface area contributed by atoms with E-state index in [1.54, 1.807) is 6.33 Å². The van der Waals surface area contributed by atoms with Gasteiger partial charge in [-0.25, -0.2) is 13.3 Å². The highest BCUT2D eigenvalue weighted by Crippen LogP contribution is 2.46. The molecule has 3 aromatic carbocycles. The van der Waals surface area contributed by atoms with Gasteiger partial charge in [0.2, 0.25) is 12.2 Å². The predicted molar refractivity (Wildman–Crippen MR) is 236 cm³/mol. The highest BCUT2D eigenvalue weighted by atomic mass is 19.3. The van der Waals surface area contributed by atoms with Crippen LogP contribution in [0.3, 0.4) is 0 Å². The maximum atomic E-state index is 14.0. The molecule has 12 rings (SSSR count). The van der Waals surface area contributed by atoms with Crippen molar-refractivity contribution in [2.24, 2.45) is 17.8 Å². The van der Waals surface area contributed by atoms with E-state index in [1.807, 2.05) is 38.4 Å². The van der Waals surface area contributed by atoms with Gasteiger partial charge in [0.1, 0.15) is 23.8 Å². The van der Waals surface area contributed by atoms with Gasteiger partial charge in [0.15, 0.2) is 29.4 Å². The van der Waals surface area contributed by atoms with Crippen molar-refractivity contribution < 1.29 is 33.0 Å². The number of Topliss-reactive ketones (excluding diaryl/α,β-unsaturated/α-hetero) is 1. The molecule has 0 radical (unpaired) electrons. The van der Waals surface area contributed by atoms with Crippen molar-refractivity contribution in [1.29, 1.82) is 0 Å². The van der Waals surface area contributed by atoms with E-state index in [4.69, 9.17) is 10.3 Å². The van der Waals surface area contributed by atoms with Gasteiger partial charge in [-0.15, -0.1) is 19.6 Å². The largest absolute Gasteiger partial charge is 0.393 e. The van der Waals surface area contributed by atoms with E-state index < -0.39 is 18.1 Å². The van der Waals surface area contributed by atoms with Gasteiger partial charge in [-0.05, 0) is 74.6 Å². The van der Waals surface area contributed by atoms with Gasteiger partial charge in [0.25, 0.3) is 0 Å². The molecular formula is C51H57F2N9O3+2. The summed E-state index contributed by atoms with van der Waals surface area (Å²) < 4.78 is 38.2. The summed E-state index contributed by atoms with van der Waals surface area (Å²) in [4.78, 5) is 13.9. The number of hydrogen-bond donors (Lipinski definition) is 2. The van der Waals surface area contributed by atoms with E-state index >= 15 is 0 Å². The number of rotatable bonds is 11. The summed E-state index contributed by atoms with van der Waals surface area (Å²) in [5.74, 6) is -0.579. The van der Waals surface area contributed by atoms with E-state index in [0.717, 1.165) is 113 Å². The minimum absolute atomic E-state index is 0.0972. The van der Waals surface area contributed by atoms with Gasteiger partial charge in [-0.1, -0.05) is 79.6 Å². The van der Waals surface area contributed by atoms with Gasteiger partial charge in [-0.3, -0.25) is 4.79 Å². The normalized spacial score (nSPS) is 23.4. The molecule has 3 saturated carbocycles. The fraction of sp³-hybridized carbons (Fsp3) is 0.510. The molecule has 336 valence electrons. The second-order valence-electron chi connectivity index (χ2n) is 20.0. The number of aromatic nitrogens is 9. The maximum Gasteiger partial charge on any atom is 0.310 e. The van der Waals surface area contributed by atoms with Crippen molar-refractivity contribution in [3.05, 3.63) is 96.2 Å². The number of ketones is 1. The van der Waals surface area contributed by atoms with E-state index in [1.165, 1.54) is 12.8 Å². The maximum absolute atomic E-state index is 14.0. The lowest BCUT2D eigenvalue weighted by Crippen LogP contribution is -2.43. The molecule has 12 nitrogen and oxygen atoms in total. The quantitative estimate of drug-likeness (QED) is 0.125. The third-order valence-electron chi connectivity index (χ3n) is 16.2. The molecule has 14 heteroatoms. The monoisotopic (exact) mass is 881 g/mol. The van der Waals surface area contributed by atoms with Crippen LogP contribution in [0.4, 0.5) is 8.78 Å². The Hall–Kier alpha value is -5.47. The highest BCUT2D eigenvalue weighted by Gasteiger charge is 2.45. The number of aliphatic hydroxyl groups excluding tert-OH is 2. The minimum atomic E-state index is -2.65. The summed E-state index contributed by atoms with van der Waals surface area (Å²) in [6.45, 7) is 0. The number of alkyl halides is 2. The lowest BCUT2D eigenvalue weighted by molar-refractivity contribution is -0.756. The standard InChI is InChI=1S/C51H57F2N9O3/c52-51(53)22-20-33(21-23-51)46(64)26-42-35-14-7-8-15-36(35)44-28-60(57-62(42)44)34-18-19-37-39(24-34)41(25-45(63)31-10-3-1-4-11-31)59-30-61(56-50(37)59)40-17-9-16-38-48(40)43(58-29-54-55-49(38)58)27-47(65)32-12-5-2-6-13-32/h7-9,14-19,24,28-33,41-43,45-46,63-64H,1-6,10-13,20-23,25-27H2/q+2. The van der Waals surface area contributed by atoms with Crippen LogP contribution in [-0.2, 0) is 4.79 Å². The third kappa shape index (κ3) is 7.08. The van der Waals surface area contributed by atoms with E-state index in [2.05, 4.69) is 68.1 Å². The van der Waals surface area contributed by atoms with Gasteiger partial charge in [0, 0.05) is 65.8 Å². The minimum Gasteiger partial charge on any atom is -0.393 e. The highest BCUT2D eigenvalue weighted by molar-refractivity contribution is 5.84. The van der Waals surface area contributed by atoms with Crippen LogP contribution in [-0.4, -0.2) is 68.6 Å². The molecule has 3 aliphatic carbocycles. The molecule has 3 fully saturated rings. The average Bonchev–Trinajstić information content (AvgIpc) is 4.19. The fourth-order valence-corrected chi connectivity index (χ4v) is 12.6. The zero-order valence-corrected chi connectivity index (χ0v) is 36.7. The molecule has 2 N–H and O–H groups in total. The van der Waals surface area contributed by atoms with E-state index in [0.29, 0.717) is 37.9 Å². The summed E-state index contributed by atoms with van der Waals surface area (Å²) >= 11 is 0. The topological polar surface area (TPSA) is 132 Å². The Labute approximate surface area is 376 Å². The number of halogens is 2. The zero-order valence-electron chi connectivity index (χ0n) is 36.7. The average molecular weight is 882 g/mol. The number of benzene rings is 3. The molecule has 0 spiro atoms. The summed E-state index contributed by atoms with van der Waals surface area (Å²) in [6.07, 6.45) is 17.1. The first kappa shape index (κ1) is 41.0. The Kier molecular flexibility index (Phi) is 10.2. The number of carbonyl (C=O) groups excluding carboxylic acids is 1. The van der Waals surface area contributed by atoms with Crippen molar-refractivity contribution in [3.8, 4) is 45.4 Å². The molecule has 0 amide bonds. The van der Waals surface area contributed by atoms with Crippen LogP contribution < -0.4 is 9.25 Å². The lowest BCUT2D eigenvalue weighted by atomic mass is 9.81. The second-order valence-corrected chi connectivity index (χ2v) is 20.0.